The fraction of sp³-hybridized carbons (Fsp3) is 0.538. The average molecular weight is 205 g/mol. The van der Waals surface area contributed by atoms with Gasteiger partial charge in [-0.05, 0) is 37.6 Å². The molecule has 0 spiro atoms. The van der Waals surface area contributed by atoms with Crippen molar-refractivity contribution in [3.05, 3.63) is 35.6 Å². The van der Waals surface area contributed by atoms with Crippen molar-refractivity contribution in [2.75, 3.05) is 19.6 Å². The zero-order chi connectivity index (χ0) is 10.5. The highest BCUT2D eigenvalue weighted by molar-refractivity contribution is 5.29. The van der Waals surface area contributed by atoms with Crippen LogP contribution in [0.5, 0.6) is 0 Å². The Morgan fingerprint density at radius 3 is 2.80 bits per heavy atom. The Bertz CT molecular complexity index is 296. The van der Waals surface area contributed by atoms with Crippen LogP contribution in [0.2, 0.25) is 0 Å². The molecule has 82 valence electrons. The van der Waals surface area contributed by atoms with E-state index in [1.165, 1.54) is 37.9 Å². The van der Waals surface area contributed by atoms with Crippen LogP contribution in [0.15, 0.2) is 35.6 Å². The smallest absolute Gasteiger partial charge is 0.0960 e. The highest BCUT2D eigenvalue weighted by atomic mass is 16.3. The van der Waals surface area contributed by atoms with E-state index < -0.39 is 0 Å². The number of aliphatic hydroxyl groups excluding tert-OH is 1. The zero-order valence-corrected chi connectivity index (χ0v) is 9.15. The van der Waals surface area contributed by atoms with Gasteiger partial charge < -0.3 is 5.11 Å². The molecule has 0 unspecified atom stereocenters. The molecule has 1 N–H and O–H groups in total. The van der Waals surface area contributed by atoms with Crippen molar-refractivity contribution in [3.63, 3.8) is 0 Å². The molecule has 0 aromatic heterocycles. The van der Waals surface area contributed by atoms with Crippen molar-refractivity contribution >= 4 is 0 Å². The first-order valence-corrected chi connectivity index (χ1v) is 5.82. The number of hydrogen-bond donors (Lipinski definition) is 1. The number of rotatable bonds is 2. The summed E-state index contributed by atoms with van der Waals surface area (Å²) in [5, 5.41) is 9.36. The molecule has 2 aliphatic rings. The lowest BCUT2D eigenvalue weighted by atomic mass is 10.1. The van der Waals surface area contributed by atoms with Crippen LogP contribution in [0, 0.1) is 0 Å². The van der Waals surface area contributed by atoms with Gasteiger partial charge in [0.05, 0.1) is 5.76 Å². The predicted octanol–water partition coefficient (Wildman–Crippen LogP) is 2.80. The molecule has 2 nitrogen and oxygen atoms in total. The van der Waals surface area contributed by atoms with Gasteiger partial charge >= 0.3 is 0 Å². The molecule has 15 heavy (non-hydrogen) atoms. The van der Waals surface area contributed by atoms with Gasteiger partial charge in [0.15, 0.2) is 0 Å². The summed E-state index contributed by atoms with van der Waals surface area (Å²) < 4.78 is 0. The van der Waals surface area contributed by atoms with Crippen LogP contribution < -0.4 is 0 Å². The number of hydrogen-bond acceptors (Lipinski definition) is 2. The van der Waals surface area contributed by atoms with Crippen molar-refractivity contribution in [2.45, 2.75) is 25.7 Å². The lowest BCUT2D eigenvalue weighted by Crippen LogP contribution is -2.31. The Morgan fingerprint density at radius 1 is 1.20 bits per heavy atom. The van der Waals surface area contributed by atoms with E-state index in [1.807, 2.05) is 6.08 Å². The second-order valence-electron chi connectivity index (χ2n) is 4.34. The van der Waals surface area contributed by atoms with Gasteiger partial charge in [0.25, 0.3) is 0 Å². The monoisotopic (exact) mass is 205 g/mol. The van der Waals surface area contributed by atoms with Crippen molar-refractivity contribution in [1.29, 1.82) is 0 Å². The van der Waals surface area contributed by atoms with Crippen LogP contribution in [-0.4, -0.2) is 29.6 Å². The normalized spacial score (nSPS) is 23.2. The molecule has 0 aromatic rings. The van der Waals surface area contributed by atoms with E-state index in [4.69, 9.17) is 0 Å². The van der Waals surface area contributed by atoms with E-state index in [0.717, 1.165) is 6.54 Å². The third-order valence-electron chi connectivity index (χ3n) is 3.03. The SMILES string of the molecule is OC1=CC=CC(CN2CCCCC2)=CC1. The molecule has 1 aliphatic carbocycles. The lowest BCUT2D eigenvalue weighted by molar-refractivity contribution is 0.248. The third-order valence-corrected chi connectivity index (χ3v) is 3.03. The second-order valence-corrected chi connectivity index (χ2v) is 4.34. The summed E-state index contributed by atoms with van der Waals surface area (Å²) in [5.41, 5.74) is 1.33. The molecule has 0 radical (unpaired) electrons. The summed E-state index contributed by atoms with van der Waals surface area (Å²) >= 11 is 0. The molecule has 1 heterocycles. The minimum Gasteiger partial charge on any atom is -0.512 e. The first-order chi connectivity index (χ1) is 7.34. The van der Waals surface area contributed by atoms with E-state index in [-0.39, 0.29) is 0 Å². The maximum Gasteiger partial charge on any atom is 0.0960 e. The van der Waals surface area contributed by atoms with E-state index in [0.29, 0.717) is 12.2 Å². The summed E-state index contributed by atoms with van der Waals surface area (Å²) in [5.74, 6) is 0.458. The van der Waals surface area contributed by atoms with Gasteiger partial charge in [-0.15, -0.1) is 0 Å². The topological polar surface area (TPSA) is 23.5 Å². The molecular weight excluding hydrogens is 186 g/mol. The van der Waals surface area contributed by atoms with Crippen LogP contribution in [0.4, 0.5) is 0 Å². The summed E-state index contributed by atoms with van der Waals surface area (Å²) in [4.78, 5) is 2.50. The average Bonchev–Trinajstić information content (AvgIpc) is 2.46. The van der Waals surface area contributed by atoms with Crippen LogP contribution in [0.25, 0.3) is 0 Å². The van der Waals surface area contributed by atoms with E-state index in [1.54, 1.807) is 6.08 Å². The molecule has 2 rings (SSSR count). The van der Waals surface area contributed by atoms with Crippen molar-refractivity contribution in [1.82, 2.24) is 4.90 Å². The molecule has 0 aromatic carbocycles. The largest absolute Gasteiger partial charge is 0.512 e. The Morgan fingerprint density at radius 2 is 2.00 bits per heavy atom. The fourth-order valence-corrected chi connectivity index (χ4v) is 2.15. The van der Waals surface area contributed by atoms with Gasteiger partial charge in [0.1, 0.15) is 0 Å². The number of likely N-dealkylation sites (tertiary alicyclic amines) is 1. The molecule has 0 saturated carbocycles. The maximum atomic E-state index is 9.36. The molecule has 1 aliphatic heterocycles. The fourth-order valence-electron chi connectivity index (χ4n) is 2.15. The van der Waals surface area contributed by atoms with Gasteiger partial charge in [-0.2, -0.15) is 0 Å². The summed E-state index contributed by atoms with van der Waals surface area (Å²) in [6, 6.07) is 0. The lowest BCUT2D eigenvalue weighted by Gasteiger charge is -2.26. The van der Waals surface area contributed by atoms with Crippen LogP contribution >= 0.6 is 0 Å². The van der Waals surface area contributed by atoms with Crippen LogP contribution in [0.3, 0.4) is 0 Å². The number of piperidine rings is 1. The Balaban J connectivity index is 1.89. The van der Waals surface area contributed by atoms with Gasteiger partial charge in [-0.3, -0.25) is 4.90 Å². The number of allylic oxidation sites excluding steroid dienone is 3. The van der Waals surface area contributed by atoms with Gasteiger partial charge in [-0.25, -0.2) is 0 Å². The van der Waals surface area contributed by atoms with E-state index >= 15 is 0 Å². The summed E-state index contributed by atoms with van der Waals surface area (Å²) in [7, 11) is 0. The molecular formula is C13H19NO. The van der Waals surface area contributed by atoms with Gasteiger partial charge in [0, 0.05) is 13.0 Å². The molecule has 2 heteroatoms. The molecule has 0 amide bonds. The Hall–Kier alpha value is -1.02. The first kappa shape index (κ1) is 10.5. The molecule has 0 atom stereocenters. The Labute approximate surface area is 91.6 Å². The van der Waals surface area contributed by atoms with Gasteiger partial charge in [-0.1, -0.05) is 24.6 Å². The number of aliphatic hydroxyl groups is 1. The summed E-state index contributed by atoms with van der Waals surface area (Å²) in [6.45, 7) is 3.49. The minimum atomic E-state index is 0.458. The first-order valence-electron chi connectivity index (χ1n) is 5.82. The van der Waals surface area contributed by atoms with Crippen molar-refractivity contribution < 1.29 is 5.11 Å². The van der Waals surface area contributed by atoms with Crippen molar-refractivity contribution in [2.24, 2.45) is 0 Å². The van der Waals surface area contributed by atoms with Crippen LogP contribution in [0.1, 0.15) is 25.7 Å². The second kappa shape index (κ2) is 5.17. The predicted molar refractivity (Wildman–Crippen MR) is 62.8 cm³/mol. The third kappa shape index (κ3) is 3.24. The Kier molecular flexibility index (Phi) is 3.62. The quantitative estimate of drug-likeness (QED) is 0.749. The molecule has 1 fully saturated rings. The van der Waals surface area contributed by atoms with Crippen LogP contribution in [-0.2, 0) is 0 Å². The molecule has 1 saturated heterocycles. The van der Waals surface area contributed by atoms with E-state index in [9.17, 15) is 5.11 Å². The number of nitrogens with zero attached hydrogens (tertiary/aromatic N) is 1. The van der Waals surface area contributed by atoms with E-state index in [2.05, 4.69) is 17.1 Å². The highest BCUT2D eigenvalue weighted by Crippen LogP contribution is 2.14. The summed E-state index contributed by atoms with van der Waals surface area (Å²) in [6.07, 6.45) is 12.7. The standard InChI is InChI=1S/C13H19NO/c15-13-6-4-5-12(7-8-13)11-14-9-2-1-3-10-14/h4-7,15H,1-3,8-11H2. The van der Waals surface area contributed by atoms with Crippen molar-refractivity contribution in [3.8, 4) is 0 Å². The minimum absolute atomic E-state index is 0.458. The maximum absolute atomic E-state index is 9.36. The highest BCUT2D eigenvalue weighted by Gasteiger charge is 2.10. The zero-order valence-electron chi connectivity index (χ0n) is 9.15. The van der Waals surface area contributed by atoms with Gasteiger partial charge in [0.2, 0.25) is 0 Å². The molecule has 0 bridgehead atoms.